The molecule has 0 saturated heterocycles. The molecule has 0 saturated carbocycles. The number of H-pyrrole nitrogens is 1. The molecular weight excluding hydrogens is 324 g/mol. The molecule has 0 atom stereocenters. The van der Waals surface area contributed by atoms with Gasteiger partial charge in [0.25, 0.3) is 5.56 Å². The molecule has 6 heteroatoms. The minimum atomic E-state index is -0.183. The second-order valence-corrected chi connectivity index (χ2v) is 6.13. The molecule has 3 rings (SSSR count). The molecule has 0 fully saturated rings. The van der Waals surface area contributed by atoms with Gasteiger partial charge in [-0.15, -0.1) is 0 Å². The zero-order valence-electron chi connectivity index (χ0n) is 13.3. The van der Waals surface area contributed by atoms with Crippen molar-refractivity contribution >= 4 is 17.2 Å². The van der Waals surface area contributed by atoms with Crippen molar-refractivity contribution in [3.63, 3.8) is 0 Å². The van der Waals surface area contributed by atoms with Crippen LogP contribution in [0.25, 0.3) is 5.65 Å². The summed E-state index contributed by atoms with van der Waals surface area (Å²) in [5.41, 5.74) is 3.25. The standard InChI is InChI=1S/C18H17ClN4O/c1-2-3-14-10-17(24)23-18(21-14)15(11-20)16(22-23)9-6-12-4-7-13(19)8-5-12/h4-5,7-8,10,22H,2-3,6,9H2,1H3. The van der Waals surface area contributed by atoms with E-state index in [4.69, 9.17) is 11.6 Å². The van der Waals surface area contributed by atoms with Crippen LogP contribution in [-0.4, -0.2) is 14.6 Å². The van der Waals surface area contributed by atoms with Crippen LogP contribution in [0.3, 0.4) is 0 Å². The first kappa shape index (κ1) is 16.3. The zero-order chi connectivity index (χ0) is 17.1. The maximum atomic E-state index is 12.2. The van der Waals surface area contributed by atoms with Gasteiger partial charge in [0.05, 0.1) is 5.69 Å². The normalized spacial score (nSPS) is 10.9. The Morgan fingerprint density at radius 1 is 1.25 bits per heavy atom. The van der Waals surface area contributed by atoms with Crippen molar-refractivity contribution < 1.29 is 0 Å². The number of aromatic nitrogens is 3. The van der Waals surface area contributed by atoms with Crippen molar-refractivity contribution in [2.75, 3.05) is 0 Å². The molecule has 0 aliphatic rings. The molecule has 0 aliphatic carbocycles. The fourth-order valence-corrected chi connectivity index (χ4v) is 2.86. The quantitative estimate of drug-likeness (QED) is 0.774. The van der Waals surface area contributed by atoms with Crippen molar-refractivity contribution in [2.45, 2.75) is 32.6 Å². The molecule has 0 spiro atoms. The number of benzene rings is 1. The highest BCUT2D eigenvalue weighted by atomic mass is 35.5. The Morgan fingerprint density at radius 3 is 2.67 bits per heavy atom. The summed E-state index contributed by atoms with van der Waals surface area (Å²) in [5.74, 6) is 0. The van der Waals surface area contributed by atoms with Gasteiger partial charge in [-0.3, -0.25) is 9.89 Å². The zero-order valence-corrected chi connectivity index (χ0v) is 14.1. The molecule has 1 aromatic carbocycles. The van der Waals surface area contributed by atoms with E-state index in [0.29, 0.717) is 22.7 Å². The van der Waals surface area contributed by atoms with E-state index in [0.717, 1.165) is 36.2 Å². The van der Waals surface area contributed by atoms with E-state index in [1.165, 1.54) is 10.6 Å². The summed E-state index contributed by atoms with van der Waals surface area (Å²) < 4.78 is 1.36. The molecule has 3 aromatic rings. The Morgan fingerprint density at radius 2 is 2.00 bits per heavy atom. The lowest BCUT2D eigenvalue weighted by molar-refractivity contribution is 0.810. The summed E-state index contributed by atoms with van der Waals surface area (Å²) in [7, 11) is 0. The van der Waals surface area contributed by atoms with Crippen LogP contribution in [0.15, 0.2) is 35.1 Å². The van der Waals surface area contributed by atoms with Gasteiger partial charge in [-0.2, -0.15) is 5.26 Å². The fraction of sp³-hybridized carbons (Fsp3) is 0.278. The van der Waals surface area contributed by atoms with Crippen LogP contribution >= 0.6 is 11.6 Å². The molecule has 5 nitrogen and oxygen atoms in total. The van der Waals surface area contributed by atoms with Crippen LogP contribution in [0.2, 0.25) is 5.02 Å². The number of aryl methyl sites for hydroxylation is 3. The first-order chi connectivity index (χ1) is 11.6. The minimum Gasteiger partial charge on any atom is -0.292 e. The molecular formula is C18H17ClN4O. The van der Waals surface area contributed by atoms with Crippen LogP contribution in [0, 0.1) is 11.3 Å². The highest BCUT2D eigenvalue weighted by molar-refractivity contribution is 6.30. The minimum absolute atomic E-state index is 0.183. The smallest absolute Gasteiger partial charge is 0.272 e. The Hall–Kier alpha value is -2.58. The SMILES string of the molecule is CCCc1cc(=O)n2[nH]c(CCc3ccc(Cl)cc3)c(C#N)c2n1. The third kappa shape index (κ3) is 3.19. The van der Waals surface area contributed by atoms with E-state index in [2.05, 4.69) is 16.2 Å². The second-order valence-electron chi connectivity index (χ2n) is 5.70. The average molecular weight is 341 g/mol. The second kappa shape index (κ2) is 6.90. The number of hydrogen-bond donors (Lipinski definition) is 1. The molecule has 0 bridgehead atoms. The maximum absolute atomic E-state index is 12.2. The van der Waals surface area contributed by atoms with E-state index < -0.39 is 0 Å². The van der Waals surface area contributed by atoms with Gasteiger partial charge < -0.3 is 0 Å². The van der Waals surface area contributed by atoms with Gasteiger partial charge in [-0.1, -0.05) is 37.1 Å². The number of fused-ring (bicyclic) bond motifs is 1. The highest BCUT2D eigenvalue weighted by Gasteiger charge is 2.15. The van der Waals surface area contributed by atoms with Gasteiger partial charge in [0, 0.05) is 16.8 Å². The highest BCUT2D eigenvalue weighted by Crippen LogP contribution is 2.16. The van der Waals surface area contributed by atoms with E-state index >= 15 is 0 Å². The number of halogens is 1. The van der Waals surface area contributed by atoms with E-state index in [1.54, 1.807) is 0 Å². The molecule has 2 aromatic heterocycles. The number of hydrogen-bond acceptors (Lipinski definition) is 3. The predicted molar refractivity (Wildman–Crippen MR) is 93.4 cm³/mol. The summed E-state index contributed by atoms with van der Waals surface area (Å²) >= 11 is 5.89. The molecule has 122 valence electrons. The Bertz CT molecular complexity index is 964. The van der Waals surface area contributed by atoms with Crippen LogP contribution < -0.4 is 5.56 Å². The molecule has 2 heterocycles. The van der Waals surface area contributed by atoms with Crippen molar-refractivity contribution in [3.8, 4) is 6.07 Å². The van der Waals surface area contributed by atoms with E-state index in [9.17, 15) is 10.1 Å². The lowest BCUT2D eigenvalue weighted by atomic mass is 10.1. The van der Waals surface area contributed by atoms with Crippen molar-refractivity contribution in [3.05, 3.63) is 68.2 Å². The van der Waals surface area contributed by atoms with Crippen LogP contribution in [0.4, 0.5) is 0 Å². The molecule has 24 heavy (non-hydrogen) atoms. The predicted octanol–water partition coefficient (Wildman–Crippen LogP) is 3.29. The Kier molecular flexibility index (Phi) is 4.68. The molecule has 0 aliphatic heterocycles. The molecule has 1 N–H and O–H groups in total. The number of aromatic amines is 1. The molecule has 0 amide bonds. The van der Waals surface area contributed by atoms with Gasteiger partial charge in [0.2, 0.25) is 0 Å². The van der Waals surface area contributed by atoms with Crippen molar-refractivity contribution in [2.24, 2.45) is 0 Å². The summed E-state index contributed by atoms with van der Waals surface area (Å²) in [6.45, 7) is 2.03. The topological polar surface area (TPSA) is 73.9 Å². The average Bonchev–Trinajstić information content (AvgIpc) is 2.93. The first-order valence-electron chi connectivity index (χ1n) is 7.90. The first-order valence-corrected chi connectivity index (χ1v) is 8.28. The van der Waals surface area contributed by atoms with Crippen molar-refractivity contribution in [1.29, 1.82) is 5.26 Å². The summed E-state index contributed by atoms with van der Waals surface area (Å²) in [6.07, 6.45) is 2.99. The Balaban J connectivity index is 1.96. The number of nitrogens with one attached hydrogen (secondary N) is 1. The van der Waals surface area contributed by atoms with E-state index in [1.807, 2.05) is 31.2 Å². The fourth-order valence-electron chi connectivity index (χ4n) is 2.73. The van der Waals surface area contributed by atoms with Crippen LogP contribution in [-0.2, 0) is 19.3 Å². The monoisotopic (exact) mass is 340 g/mol. The van der Waals surface area contributed by atoms with Gasteiger partial charge in [0.1, 0.15) is 11.6 Å². The number of nitriles is 1. The lowest BCUT2D eigenvalue weighted by Crippen LogP contribution is -2.15. The summed E-state index contributed by atoms with van der Waals surface area (Å²) in [6, 6.07) is 11.3. The van der Waals surface area contributed by atoms with Crippen LogP contribution in [0.5, 0.6) is 0 Å². The lowest BCUT2D eigenvalue weighted by Gasteiger charge is -2.00. The molecule has 0 radical (unpaired) electrons. The van der Waals surface area contributed by atoms with Gasteiger partial charge in [-0.25, -0.2) is 9.50 Å². The van der Waals surface area contributed by atoms with Crippen molar-refractivity contribution in [1.82, 2.24) is 14.6 Å². The third-order valence-electron chi connectivity index (χ3n) is 3.94. The third-order valence-corrected chi connectivity index (χ3v) is 4.19. The number of nitrogens with zero attached hydrogens (tertiary/aromatic N) is 3. The molecule has 0 unspecified atom stereocenters. The van der Waals surface area contributed by atoms with Gasteiger partial charge in [-0.05, 0) is 37.0 Å². The summed E-state index contributed by atoms with van der Waals surface area (Å²) in [4.78, 5) is 16.7. The summed E-state index contributed by atoms with van der Waals surface area (Å²) in [5, 5.41) is 13.2. The van der Waals surface area contributed by atoms with Gasteiger partial charge >= 0.3 is 0 Å². The maximum Gasteiger partial charge on any atom is 0.272 e. The number of rotatable bonds is 5. The van der Waals surface area contributed by atoms with Gasteiger partial charge in [0.15, 0.2) is 5.65 Å². The Labute approximate surface area is 144 Å². The van der Waals surface area contributed by atoms with Crippen LogP contribution in [0.1, 0.15) is 35.9 Å². The van der Waals surface area contributed by atoms with E-state index in [-0.39, 0.29) is 5.56 Å². The largest absolute Gasteiger partial charge is 0.292 e.